The van der Waals surface area contributed by atoms with E-state index < -0.39 is 10.0 Å². The van der Waals surface area contributed by atoms with Gasteiger partial charge in [0.05, 0.1) is 17.8 Å². The summed E-state index contributed by atoms with van der Waals surface area (Å²) in [5.74, 6) is 0.0335. The van der Waals surface area contributed by atoms with Crippen molar-refractivity contribution in [3.05, 3.63) is 53.1 Å². The molecule has 0 aliphatic carbocycles. The van der Waals surface area contributed by atoms with Crippen LogP contribution in [0.2, 0.25) is 5.02 Å². The first-order valence-electron chi connectivity index (χ1n) is 10.4. The second-order valence-electron chi connectivity index (χ2n) is 9.42. The van der Waals surface area contributed by atoms with Crippen LogP contribution in [-0.4, -0.2) is 38.6 Å². The van der Waals surface area contributed by atoms with Crippen molar-refractivity contribution >= 4 is 45.6 Å². The zero-order valence-electron chi connectivity index (χ0n) is 19.4. The third-order valence-corrected chi connectivity index (χ3v) is 7.21. The smallest absolute Gasteiger partial charge is 0.263 e. The van der Waals surface area contributed by atoms with Crippen LogP contribution in [0.15, 0.2) is 47.4 Å². The van der Waals surface area contributed by atoms with E-state index >= 15 is 0 Å². The number of hydrogen-bond donors (Lipinski definition) is 3. The van der Waals surface area contributed by atoms with Gasteiger partial charge in [-0.2, -0.15) is 0 Å². The van der Waals surface area contributed by atoms with E-state index in [1.807, 2.05) is 0 Å². The Morgan fingerprint density at radius 2 is 1.70 bits per heavy atom. The number of ether oxygens (including phenoxy) is 1. The fourth-order valence-electron chi connectivity index (χ4n) is 4.47. The molecular weight excluding hydrogens is 485 g/mol. The SMILES string of the molecule is COc1ccccc1NS(=O)(=O)c1cc(C(=O)NC2CC(C)(C)NC(C)(C)C2)ccc1Cl.Cl. The molecular formula is C23H31Cl2N3O4S. The summed E-state index contributed by atoms with van der Waals surface area (Å²) in [6.07, 6.45) is 1.52. The van der Waals surface area contributed by atoms with Crippen molar-refractivity contribution in [2.75, 3.05) is 11.8 Å². The van der Waals surface area contributed by atoms with Crippen LogP contribution < -0.4 is 20.1 Å². The van der Waals surface area contributed by atoms with Crippen molar-refractivity contribution in [2.45, 2.75) is 62.6 Å². The number of hydrogen-bond acceptors (Lipinski definition) is 5. The zero-order valence-corrected chi connectivity index (χ0v) is 21.7. The van der Waals surface area contributed by atoms with Crippen molar-refractivity contribution in [1.82, 2.24) is 10.6 Å². The van der Waals surface area contributed by atoms with E-state index in [-0.39, 0.29) is 56.6 Å². The van der Waals surface area contributed by atoms with Crippen LogP contribution in [0.4, 0.5) is 5.69 Å². The maximum atomic E-state index is 13.0. The first-order chi connectivity index (χ1) is 14.8. The fraction of sp³-hybridized carbons (Fsp3) is 0.435. The Bertz CT molecular complexity index is 1100. The van der Waals surface area contributed by atoms with Gasteiger partial charge in [-0.25, -0.2) is 8.42 Å². The number of carbonyl (C=O) groups is 1. The largest absolute Gasteiger partial charge is 0.495 e. The summed E-state index contributed by atoms with van der Waals surface area (Å²) in [6, 6.07) is 10.8. The molecule has 3 N–H and O–H groups in total. The van der Waals surface area contributed by atoms with Crippen LogP contribution in [0.1, 0.15) is 50.9 Å². The second kappa shape index (κ2) is 10.1. The van der Waals surface area contributed by atoms with Gasteiger partial charge in [-0.15, -0.1) is 12.4 Å². The molecule has 0 bridgehead atoms. The van der Waals surface area contributed by atoms with Gasteiger partial charge in [0, 0.05) is 22.7 Å². The van der Waals surface area contributed by atoms with Gasteiger partial charge in [0.15, 0.2) is 0 Å². The number of halogens is 2. The second-order valence-corrected chi connectivity index (χ2v) is 11.5. The number of para-hydroxylation sites is 2. The lowest BCUT2D eigenvalue weighted by Gasteiger charge is -2.46. The number of benzene rings is 2. The summed E-state index contributed by atoms with van der Waals surface area (Å²) in [5, 5.41) is 6.65. The third-order valence-electron chi connectivity index (χ3n) is 5.36. The average molecular weight is 516 g/mol. The number of methoxy groups -OCH3 is 1. The predicted molar refractivity (Wildman–Crippen MR) is 134 cm³/mol. The Morgan fingerprint density at radius 1 is 1.09 bits per heavy atom. The summed E-state index contributed by atoms with van der Waals surface area (Å²) >= 11 is 6.20. The lowest BCUT2D eigenvalue weighted by atomic mass is 9.79. The number of carbonyl (C=O) groups excluding carboxylic acids is 1. The molecule has 1 fully saturated rings. The molecule has 2 aromatic carbocycles. The van der Waals surface area contributed by atoms with E-state index in [0.717, 1.165) is 12.8 Å². The van der Waals surface area contributed by atoms with Gasteiger partial charge >= 0.3 is 0 Å². The topological polar surface area (TPSA) is 96.5 Å². The molecule has 2 aromatic rings. The monoisotopic (exact) mass is 515 g/mol. The quantitative estimate of drug-likeness (QED) is 0.521. The van der Waals surface area contributed by atoms with E-state index in [9.17, 15) is 13.2 Å². The minimum Gasteiger partial charge on any atom is -0.495 e. The number of anilines is 1. The lowest BCUT2D eigenvalue weighted by molar-refractivity contribution is 0.0873. The Hall–Kier alpha value is -2.00. The lowest BCUT2D eigenvalue weighted by Crippen LogP contribution is -2.62. The van der Waals surface area contributed by atoms with E-state index in [0.29, 0.717) is 5.75 Å². The molecule has 1 heterocycles. The van der Waals surface area contributed by atoms with Crippen molar-refractivity contribution in [1.29, 1.82) is 0 Å². The Kier molecular flexibility index (Phi) is 8.33. The third kappa shape index (κ3) is 6.76. The van der Waals surface area contributed by atoms with Crippen molar-refractivity contribution in [2.24, 2.45) is 0 Å². The van der Waals surface area contributed by atoms with Gasteiger partial charge in [0.1, 0.15) is 10.6 Å². The highest BCUT2D eigenvalue weighted by atomic mass is 35.5. The molecule has 182 valence electrons. The first kappa shape index (κ1) is 27.2. The van der Waals surface area contributed by atoms with E-state index in [2.05, 4.69) is 43.1 Å². The summed E-state index contributed by atoms with van der Waals surface area (Å²) in [7, 11) is -2.60. The van der Waals surface area contributed by atoms with Crippen LogP contribution >= 0.6 is 24.0 Å². The molecule has 0 aromatic heterocycles. The van der Waals surface area contributed by atoms with E-state index in [1.165, 1.54) is 25.3 Å². The number of sulfonamides is 1. The Balaban J connectivity index is 0.00000385. The highest BCUT2D eigenvalue weighted by Crippen LogP contribution is 2.31. The predicted octanol–water partition coefficient (Wildman–Crippen LogP) is 4.61. The molecule has 0 atom stereocenters. The molecule has 0 saturated carbocycles. The number of nitrogens with one attached hydrogen (secondary N) is 3. The standard InChI is InChI=1S/C23H30ClN3O4S.ClH/c1-22(2)13-16(14-23(3,4)27-22)25-21(28)15-10-11-17(24)20(12-15)32(29,30)26-18-8-6-7-9-19(18)31-5;/h6-12,16,26-27H,13-14H2,1-5H3,(H,25,28);1H. The molecule has 7 nitrogen and oxygen atoms in total. The molecule has 3 rings (SSSR count). The van der Waals surface area contributed by atoms with Gasteiger partial charge in [0.25, 0.3) is 15.9 Å². The number of piperidine rings is 1. The molecule has 33 heavy (non-hydrogen) atoms. The van der Waals surface area contributed by atoms with Crippen LogP contribution in [-0.2, 0) is 10.0 Å². The minimum absolute atomic E-state index is 0. The first-order valence-corrected chi connectivity index (χ1v) is 12.2. The van der Waals surface area contributed by atoms with Crippen LogP contribution in [0.5, 0.6) is 5.75 Å². The molecule has 0 unspecified atom stereocenters. The maximum Gasteiger partial charge on any atom is 0.263 e. The van der Waals surface area contributed by atoms with Crippen LogP contribution in [0.25, 0.3) is 0 Å². The van der Waals surface area contributed by atoms with E-state index in [1.54, 1.807) is 24.3 Å². The van der Waals surface area contributed by atoms with Gasteiger partial charge in [-0.3, -0.25) is 9.52 Å². The molecule has 0 spiro atoms. The summed E-state index contributed by atoms with van der Waals surface area (Å²) < 4.78 is 33.8. The highest BCUT2D eigenvalue weighted by Gasteiger charge is 2.38. The molecule has 10 heteroatoms. The van der Waals surface area contributed by atoms with Gasteiger partial charge in [0.2, 0.25) is 0 Å². The molecule has 1 amide bonds. The zero-order chi connectivity index (χ0) is 23.7. The summed E-state index contributed by atoms with van der Waals surface area (Å²) in [6.45, 7) is 8.40. The fourth-order valence-corrected chi connectivity index (χ4v) is 6.07. The van der Waals surface area contributed by atoms with Gasteiger partial charge < -0.3 is 15.4 Å². The normalized spacial score (nSPS) is 17.5. The average Bonchev–Trinajstić information content (AvgIpc) is 2.65. The minimum atomic E-state index is -4.05. The van der Waals surface area contributed by atoms with Crippen LogP contribution in [0, 0.1) is 0 Å². The Morgan fingerprint density at radius 3 is 2.30 bits per heavy atom. The summed E-state index contributed by atoms with van der Waals surface area (Å²) in [4.78, 5) is 12.8. The molecule has 1 aliphatic heterocycles. The van der Waals surface area contributed by atoms with Crippen molar-refractivity contribution in [3.8, 4) is 5.75 Å². The van der Waals surface area contributed by atoms with Crippen molar-refractivity contribution < 1.29 is 17.9 Å². The molecule has 0 radical (unpaired) electrons. The number of amides is 1. The van der Waals surface area contributed by atoms with Crippen LogP contribution in [0.3, 0.4) is 0 Å². The number of rotatable bonds is 6. The summed E-state index contributed by atoms with van der Waals surface area (Å²) in [5.41, 5.74) is 0.240. The highest BCUT2D eigenvalue weighted by molar-refractivity contribution is 7.92. The molecule has 1 saturated heterocycles. The van der Waals surface area contributed by atoms with Gasteiger partial charge in [-0.05, 0) is 70.9 Å². The van der Waals surface area contributed by atoms with Crippen molar-refractivity contribution in [3.63, 3.8) is 0 Å². The van der Waals surface area contributed by atoms with Gasteiger partial charge in [-0.1, -0.05) is 23.7 Å². The molecule has 1 aliphatic rings. The Labute approximate surface area is 207 Å². The van der Waals surface area contributed by atoms with E-state index in [4.69, 9.17) is 16.3 Å². The maximum absolute atomic E-state index is 13.0.